The Labute approximate surface area is 138 Å². The number of ether oxygens (including phenoxy) is 1. The highest BCUT2D eigenvalue weighted by Crippen LogP contribution is 2.30. The summed E-state index contributed by atoms with van der Waals surface area (Å²) in [5, 5.41) is 3.52. The summed E-state index contributed by atoms with van der Waals surface area (Å²) in [4.78, 5) is 16.6. The number of fused-ring (bicyclic) bond motifs is 1. The van der Waals surface area contributed by atoms with Crippen LogP contribution in [0.5, 0.6) is 0 Å². The van der Waals surface area contributed by atoms with Crippen molar-refractivity contribution in [3.05, 3.63) is 53.2 Å². The third kappa shape index (κ3) is 3.21. The van der Waals surface area contributed by atoms with Gasteiger partial charge in [0.25, 0.3) is 5.91 Å². The van der Waals surface area contributed by atoms with Crippen molar-refractivity contribution in [2.45, 2.75) is 6.92 Å². The molecule has 0 fully saturated rings. The van der Waals surface area contributed by atoms with Crippen LogP contribution in [0, 0.1) is 6.92 Å². The SMILES string of the molecule is COCC(=O)Nc1c(-c2ccc(Cl)cc2)nc2cc(C)ccn12. The van der Waals surface area contributed by atoms with Crippen LogP contribution in [0.4, 0.5) is 5.82 Å². The van der Waals surface area contributed by atoms with Crippen LogP contribution in [0.2, 0.25) is 5.02 Å². The van der Waals surface area contributed by atoms with Gasteiger partial charge in [-0.1, -0.05) is 23.7 Å². The van der Waals surface area contributed by atoms with E-state index >= 15 is 0 Å². The molecule has 0 aliphatic carbocycles. The molecule has 0 unspecified atom stereocenters. The summed E-state index contributed by atoms with van der Waals surface area (Å²) in [6, 6.07) is 11.3. The fourth-order valence-corrected chi connectivity index (χ4v) is 2.50. The first-order valence-electron chi connectivity index (χ1n) is 7.12. The number of carbonyl (C=O) groups is 1. The van der Waals surface area contributed by atoms with Gasteiger partial charge in [0.15, 0.2) is 0 Å². The largest absolute Gasteiger partial charge is 0.375 e. The second kappa shape index (κ2) is 6.40. The number of carbonyl (C=O) groups excluding carboxylic acids is 1. The average Bonchev–Trinajstić information content (AvgIpc) is 2.86. The number of hydrogen-bond acceptors (Lipinski definition) is 3. The van der Waals surface area contributed by atoms with Crippen LogP contribution in [-0.4, -0.2) is 29.0 Å². The smallest absolute Gasteiger partial charge is 0.251 e. The monoisotopic (exact) mass is 329 g/mol. The number of halogens is 1. The standard InChI is InChI=1S/C17H16ClN3O2/c1-11-7-8-21-14(9-11)19-16(12-3-5-13(18)6-4-12)17(21)20-15(22)10-23-2/h3-9H,10H2,1-2H3,(H,20,22). The van der Waals surface area contributed by atoms with Crippen molar-refractivity contribution in [1.29, 1.82) is 0 Å². The van der Waals surface area contributed by atoms with Gasteiger partial charge in [-0.05, 0) is 36.8 Å². The fraction of sp³-hybridized carbons (Fsp3) is 0.176. The summed E-state index contributed by atoms with van der Waals surface area (Å²) < 4.78 is 6.74. The number of aryl methyl sites for hydroxylation is 1. The number of amides is 1. The molecule has 1 amide bonds. The number of rotatable bonds is 4. The minimum Gasteiger partial charge on any atom is -0.375 e. The van der Waals surface area contributed by atoms with Gasteiger partial charge in [-0.2, -0.15) is 0 Å². The average molecular weight is 330 g/mol. The van der Waals surface area contributed by atoms with Crippen LogP contribution in [-0.2, 0) is 9.53 Å². The van der Waals surface area contributed by atoms with E-state index in [1.54, 1.807) is 12.1 Å². The molecule has 3 rings (SSSR count). The Balaban J connectivity index is 2.14. The first kappa shape index (κ1) is 15.5. The van der Waals surface area contributed by atoms with E-state index in [-0.39, 0.29) is 12.5 Å². The molecule has 0 aliphatic heterocycles. The van der Waals surface area contributed by atoms with Crippen LogP contribution in [0.15, 0.2) is 42.6 Å². The normalized spacial score (nSPS) is 10.9. The molecule has 0 atom stereocenters. The van der Waals surface area contributed by atoms with E-state index < -0.39 is 0 Å². The van der Waals surface area contributed by atoms with Gasteiger partial charge < -0.3 is 10.1 Å². The van der Waals surface area contributed by atoms with Crippen LogP contribution in [0.25, 0.3) is 16.9 Å². The highest BCUT2D eigenvalue weighted by Gasteiger charge is 2.16. The van der Waals surface area contributed by atoms with Crippen LogP contribution in [0.3, 0.4) is 0 Å². The Kier molecular flexibility index (Phi) is 4.32. The molecule has 0 aliphatic rings. The van der Waals surface area contributed by atoms with Crippen molar-refractivity contribution in [3.8, 4) is 11.3 Å². The number of methoxy groups -OCH3 is 1. The molecule has 0 saturated carbocycles. The lowest BCUT2D eigenvalue weighted by molar-refractivity contribution is -0.119. The minimum absolute atomic E-state index is 0.0147. The lowest BCUT2D eigenvalue weighted by Crippen LogP contribution is -2.18. The summed E-state index contributed by atoms with van der Waals surface area (Å²) in [6.07, 6.45) is 1.89. The van der Waals surface area contributed by atoms with Gasteiger partial charge in [-0.25, -0.2) is 4.98 Å². The minimum atomic E-state index is -0.231. The number of nitrogens with one attached hydrogen (secondary N) is 1. The van der Waals surface area contributed by atoms with Crippen LogP contribution < -0.4 is 5.32 Å². The van der Waals surface area contributed by atoms with Crippen molar-refractivity contribution in [1.82, 2.24) is 9.38 Å². The third-order valence-electron chi connectivity index (χ3n) is 3.43. The van der Waals surface area contributed by atoms with E-state index in [1.165, 1.54) is 7.11 Å². The molecule has 1 N–H and O–H groups in total. The Morgan fingerprint density at radius 1 is 1.30 bits per heavy atom. The Bertz CT molecular complexity index is 856. The number of imidazole rings is 1. The fourth-order valence-electron chi connectivity index (χ4n) is 2.37. The van der Waals surface area contributed by atoms with E-state index in [2.05, 4.69) is 10.3 Å². The quantitative estimate of drug-likeness (QED) is 0.796. The molecule has 23 heavy (non-hydrogen) atoms. The lowest BCUT2D eigenvalue weighted by Gasteiger charge is -2.07. The van der Waals surface area contributed by atoms with Crippen molar-refractivity contribution in [3.63, 3.8) is 0 Å². The summed E-state index contributed by atoms with van der Waals surface area (Å²) >= 11 is 5.95. The van der Waals surface area contributed by atoms with Gasteiger partial charge in [0, 0.05) is 23.9 Å². The topological polar surface area (TPSA) is 55.6 Å². The lowest BCUT2D eigenvalue weighted by atomic mass is 10.1. The zero-order valence-electron chi connectivity index (χ0n) is 12.8. The Hall–Kier alpha value is -2.37. The molecule has 1 aromatic carbocycles. The van der Waals surface area contributed by atoms with E-state index in [1.807, 2.05) is 41.8 Å². The number of hydrogen-bond donors (Lipinski definition) is 1. The Morgan fingerprint density at radius 2 is 2.04 bits per heavy atom. The third-order valence-corrected chi connectivity index (χ3v) is 3.68. The van der Waals surface area contributed by atoms with Crippen LogP contribution in [0.1, 0.15) is 5.56 Å². The van der Waals surface area contributed by atoms with E-state index in [0.29, 0.717) is 16.5 Å². The van der Waals surface area contributed by atoms with Crippen molar-refractivity contribution in [2.24, 2.45) is 0 Å². The van der Waals surface area contributed by atoms with Crippen molar-refractivity contribution < 1.29 is 9.53 Å². The van der Waals surface area contributed by atoms with E-state index in [9.17, 15) is 4.79 Å². The first-order valence-corrected chi connectivity index (χ1v) is 7.49. The number of aromatic nitrogens is 2. The van der Waals surface area contributed by atoms with E-state index in [4.69, 9.17) is 16.3 Å². The van der Waals surface area contributed by atoms with Gasteiger partial charge in [0.2, 0.25) is 0 Å². The molecule has 3 aromatic rings. The van der Waals surface area contributed by atoms with Gasteiger partial charge in [-0.15, -0.1) is 0 Å². The maximum atomic E-state index is 12.0. The first-order chi connectivity index (χ1) is 11.1. The molecule has 2 heterocycles. The second-order valence-corrected chi connectivity index (χ2v) is 5.67. The van der Waals surface area contributed by atoms with Gasteiger partial charge in [-0.3, -0.25) is 9.20 Å². The van der Waals surface area contributed by atoms with Crippen molar-refractivity contribution >= 4 is 29.0 Å². The summed E-state index contributed by atoms with van der Waals surface area (Å²) in [7, 11) is 1.48. The summed E-state index contributed by atoms with van der Waals surface area (Å²) in [5.74, 6) is 0.384. The predicted molar refractivity (Wildman–Crippen MR) is 90.9 cm³/mol. The number of pyridine rings is 1. The molecule has 5 nitrogen and oxygen atoms in total. The number of benzene rings is 1. The van der Waals surface area contributed by atoms with Gasteiger partial charge >= 0.3 is 0 Å². The molecule has 6 heteroatoms. The predicted octanol–water partition coefficient (Wildman–Crippen LogP) is 3.55. The number of nitrogens with zero attached hydrogens (tertiary/aromatic N) is 2. The summed E-state index contributed by atoms with van der Waals surface area (Å²) in [5.41, 5.74) is 3.43. The van der Waals surface area contributed by atoms with Crippen molar-refractivity contribution in [2.75, 3.05) is 19.0 Å². The molecule has 0 radical (unpaired) electrons. The molecule has 2 aromatic heterocycles. The number of anilines is 1. The molecule has 0 bridgehead atoms. The Morgan fingerprint density at radius 3 is 2.74 bits per heavy atom. The van der Waals surface area contributed by atoms with Crippen LogP contribution >= 0.6 is 11.6 Å². The zero-order chi connectivity index (χ0) is 16.4. The van der Waals surface area contributed by atoms with Gasteiger partial charge in [0.05, 0.1) is 0 Å². The molecule has 0 spiro atoms. The highest BCUT2D eigenvalue weighted by atomic mass is 35.5. The summed E-state index contributed by atoms with van der Waals surface area (Å²) in [6.45, 7) is 1.99. The zero-order valence-corrected chi connectivity index (χ0v) is 13.6. The molecule has 118 valence electrons. The second-order valence-electron chi connectivity index (χ2n) is 5.23. The molecular formula is C17H16ClN3O2. The van der Waals surface area contributed by atoms with E-state index in [0.717, 1.165) is 16.8 Å². The maximum absolute atomic E-state index is 12.0. The van der Waals surface area contributed by atoms with Gasteiger partial charge in [0.1, 0.15) is 23.8 Å². The highest BCUT2D eigenvalue weighted by molar-refractivity contribution is 6.30. The maximum Gasteiger partial charge on any atom is 0.251 e. The molecular weight excluding hydrogens is 314 g/mol. The molecule has 0 saturated heterocycles.